The molecule has 3 amide bonds. The summed E-state index contributed by atoms with van der Waals surface area (Å²) in [5, 5.41) is 2.82. The number of carbonyl (C=O) groups is 3. The van der Waals surface area contributed by atoms with Gasteiger partial charge in [-0.1, -0.05) is 36.4 Å². The van der Waals surface area contributed by atoms with E-state index in [1.165, 1.54) is 4.90 Å². The first-order chi connectivity index (χ1) is 16.8. The maximum absolute atomic E-state index is 13.5. The van der Waals surface area contributed by atoms with Gasteiger partial charge in [0.1, 0.15) is 12.3 Å². The number of aryl methyl sites for hydroxylation is 1. The Balaban J connectivity index is 1.46. The minimum Gasteiger partial charge on any atom is -0.476 e. The maximum Gasteiger partial charge on any atom is 0.271 e. The van der Waals surface area contributed by atoms with E-state index in [0.717, 1.165) is 24.1 Å². The molecule has 0 aliphatic carbocycles. The second kappa shape index (κ2) is 8.91. The number of benzene rings is 3. The molecule has 0 radical (unpaired) electrons. The highest BCUT2D eigenvalue weighted by molar-refractivity contribution is 6.11. The summed E-state index contributed by atoms with van der Waals surface area (Å²) in [7, 11) is 0. The smallest absolute Gasteiger partial charge is 0.271 e. The predicted octanol–water partition coefficient (Wildman–Crippen LogP) is 4.42. The van der Waals surface area contributed by atoms with Crippen molar-refractivity contribution in [2.45, 2.75) is 32.3 Å². The molecule has 2 aliphatic heterocycles. The first-order valence-corrected chi connectivity index (χ1v) is 11.7. The highest BCUT2D eigenvalue weighted by atomic mass is 16.5. The fraction of sp³-hybridized carbons (Fsp3) is 0.250. The molecular weight excluding hydrogens is 442 g/mol. The lowest BCUT2D eigenvalue weighted by molar-refractivity contribution is -0.133. The van der Waals surface area contributed by atoms with Gasteiger partial charge in [-0.05, 0) is 68.7 Å². The van der Waals surface area contributed by atoms with Gasteiger partial charge in [-0.15, -0.1) is 0 Å². The lowest BCUT2D eigenvalue weighted by Crippen LogP contribution is -2.54. The largest absolute Gasteiger partial charge is 0.476 e. The van der Waals surface area contributed by atoms with Gasteiger partial charge >= 0.3 is 0 Å². The first-order valence-electron chi connectivity index (χ1n) is 11.7. The number of nitrogens with zero attached hydrogens (tertiary/aromatic N) is 2. The number of hydrogen-bond donors (Lipinski definition) is 1. The van der Waals surface area contributed by atoms with Crippen molar-refractivity contribution < 1.29 is 19.1 Å². The van der Waals surface area contributed by atoms with Crippen LogP contribution >= 0.6 is 0 Å². The van der Waals surface area contributed by atoms with Crippen molar-refractivity contribution in [2.75, 3.05) is 28.2 Å². The van der Waals surface area contributed by atoms with E-state index in [-0.39, 0.29) is 24.3 Å². The quantitative estimate of drug-likeness (QED) is 0.614. The van der Waals surface area contributed by atoms with Crippen LogP contribution in [0.2, 0.25) is 0 Å². The van der Waals surface area contributed by atoms with Crippen molar-refractivity contribution in [1.29, 1.82) is 0 Å². The average molecular weight is 470 g/mol. The molecule has 7 nitrogen and oxygen atoms in total. The molecule has 35 heavy (non-hydrogen) atoms. The monoisotopic (exact) mass is 469 g/mol. The van der Waals surface area contributed by atoms with Crippen LogP contribution < -0.4 is 19.9 Å². The maximum atomic E-state index is 13.5. The van der Waals surface area contributed by atoms with Crippen molar-refractivity contribution in [3.8, 4) is 5.75 Å². The van der Waals surface area contributed by atoms with Crippen molar-refractivity contribution >= 4 is 34.8 Å². The highest BCUT2D eigenvalue weighted by Gasteiger charge is 2.42. The van der Waals surface area contributed by atoms with E-state index < -0.39 is 5.60 Å². The minimum absolute atomic E-state index is 0.147. The van der Waals surface area contributed by atoms with Crippen LogP contribution in [-0.4, -0.2) is 36.4 Å². The van der Waals surface area contributed by atoms with E-state index in [2.05, 4.69) is 5.32 Å². The third-order valence-electron chi connectivity index (χ3n) is 6.34. The van der Waals surface area contributed by atoms with E-state index in [4.69, 9.17) is 4.74 Å². The number of anilines is 3. The third-order valence-corrected chi connectivity index (χ3v) is 6.34. The average Bonchev–Trinajstić information content (AvgIpc) is 2.86. The summed E-state index contributed by atoms with van der Waals surface area (Å²) in [6.07, 6.45) is 1.82. The zero-order valence-corrected chi connectivity index (χ0v) is 19.8. The molecule has 0 aromatic heterocycles. The van der Waals surface area contributed by atoms with Gasteiger partial charge in [-0.3, -0.25) is 19.3 Å². The van der Waals surface area contributed by atoms with Crippen LogP contribution in [-0.2, 0) is 16.0 Å². The van der Waals surface area contributed by atoms with E-state index in [1.54, 1.807) is 49.1 Å². The van der Waals surface area contributed by atoms with E-state index in [1.807, 2.05) is 42.5 Å². The Bertz CT molecular complexity index is 1300. The molecule has 3 aromatic carbocycles. The fourth-order valence-corrected chi connectivity index (χ4v) is 4.62. The molecule has 0 atom stereocenters. The van der Waals surface area contributed by atoms with Crippen LogP contribution in [0.5, 0.6) is 5.75 Å². The first kappa shape index (κ1) is 22.7. The molecule has 2 heterocycles. The van der Waals surface area contributed by atoms with Gasteiger partial charge in [-0.2, -0.15) is 0 Å². The fourth-order valence-electron chi connectivity index (χ4n) is 4.62. The number of fused-ring (bicyclic) bond motifs is 2. The molecule has 0 bridgehead atoms. The second-order valence-electron chi connectivity index (χ2n) is 9.29. The van der Waals surface area contributed by atoms with E-state index in [0.29, 0.717) is 29.2 Å². The van der Waals surface area contributed by atoms with Gasteiger partial charge in [0.25, 0.3) is 11.8 Å². The number of rotatable bonds is 4. The number of para-hydroxylation sites is 2. The normalized spacial score (nSPS) is 16.1. The Morgan fingerprint density at radius 2 is 1.71 bits per heavy atom. The standard InChI is InChI=1S/C28H27N3O4/c1-28(2)27(34)31(18-25(32)29-21-11-4-3-5-12-21)23-17-20(14-15-24(23)35-28)26(33)30-16-8-10-19-9-6-7-13-22(19)30/h3-7,9,11-15,17H,8,10,16,18H2,1-2H3,(H,29,32). The van der Waals surface area contributed by atoms with Gasteiger partial charge < -0.3 is 15.0 Å². The summed E-state index contributed by atoms with van der Waals surface area (Å²) >= 11 is 0. The van der Waals surface area contributed by atoms with E-state index in [9.17, 15) is 14.4 Å². The Kier molecular flexibility index (Phi) is 5.76. The molecule has 5 rings (SSSR count). The van der Waals surface area contributed by atoms with Gasteiger partial charge in [0.2, 0.25) is 5.91 Å². The van der Waals surface area contributed by atoms with Gasteiger partial charge in [0, 0.05) is 23.5 Å². The van der Waals surface area contributed by atoms with Crippen molar-refractivity contribution in [3.05, 3.63) is 83.9 Å². The minimum atomic E-state index is -1.14. The Morgan fingerprint density at radius 3 is 2.51 bits per heavy atom. The molecule has 0 saturated carbocycles. The number of amides is 3. The molecule has 0 spiro atoms. The van der Waals surface area contributed by atoms with Crippen LogP contribution in [0.4, 0.5) is 17.1 Å². The lowest BCUT2D eigenvalue weighted by atomic mass is 9.99. The predicted molar refractivity (Wildman–Crippen MR) is 135 cm³/mol. The van der Waals surface area contributed by atoms with Crippen molar-refractivity contribution in [3.63, 3.8) is 0 Å². The summed E-state index contributed by atoms with van der Waals surface area (Å²) in [6.45, 7) is 3.77. The zero-order valence-electron chi connectivity index (χ0n) is 19.8. The van der Waals surface area contributed by atoms with Crippen LogP contribution in [0.25, 0.3) is 0 Å². The van der Waals surface area contributed by atoms with Gasteiger partial charge in [0.05, 0.1) is 5.69 Å². The van der Waals surface area contributed by atoms with Crippen LogP contribution in [0.3, 0.4) is 0 Å². The SMILES string of the molecule is CC1(C)Oc2ccc(C(=O)N3CCCc4ccccc43)cc2N(CC(=O)Nc2ccccc2)C1=O. The van der Waals surface area contributed by atoms with Crippen LogP contribution in [0.1, 0.15) is 36.2 Å². The van der Waals surface area contributed by atoms with Crippen LogP contribution in [0, 0.1) is 0 Å². The van der Waals surface area contributed by atoms with Crippen LogP contribution in [0.15, 0.2) is 72.8 Å². The Hall–Kier alpha value is -4.13. The molecule has 0 saturated heterocycles. The Labute approximate surface area is 204 Å². The molecule has 2 aliphatic rings. The number of hydrogen-bond acceptors (Lipinski definition) is 4. The molecule has 0 unspecified atom stereocenters. The molecular formula is C28H27N3O4. The lowest BCUT2D eigenvalue weighted by Gasteiger charge is -2.38. The van der Waals surface area contributed by atoms with E-state index >= 15 is 0 Å². The highest BCUT2D eigenvalue weighted by Crippen LogP contribution is 2.39. The number of nitrogens with one attached hydrogen (secondary N) is 1. The van der Waals surface area contributed by atoms with Crippen molar-refractivity contribution in [1.82, 2.24) is 0 Å². The summed E-state index contributed by atoms with van der Waals surface area (Å²) in [5.74, 6) is -0.375. The molecule has 3 aromatic rings. The second-order valence-corrected chi connectivity index (χ2v) is 9.29. The van der Waals surface area contributed by atoms with Gasteiger partial charge in [0.15, 0.2) is 5.60 Å². The molecule has 178 valence electrons. The summed E-state index contributed by atoms with van der Waals surface area (Å²) in [6, 6.07) is 22.1. The summed E-state index contributed by atoms with van der Waals surface area (Å²) in [4.78, 5) is 42.8. The zero-order chi connectivity index (χ0) is 24.6. The topological polar surface area (TPSA) is 79.0 Å². The number of ether oxygens (including phenoxy) is 1. The summed E-state index contributed by atoms with van der Waals surface area (Å²) < 4.78 is 5.95. The molecule has 1 N–H and O–H groups in total. The van der Waals surface area contributed by atoms with Crippen molar-refractivity contribution in [2.24, 2.45) is 0 Å². The third kappa shape index (κ3) is 4.37. The summed E-state index contributed by atoms with van der Waals surface area (Å²) in [5.41, 5.74) is 2.40. The molecule has 7 heteroatoms. The van der Waals surface area contributed by atoms with Gasteiger partial charge in [-0.25, -0.2) is 0 Å². The number of carbonyl (C=O) groups excluding carboxylic acids is 3. The Morgan fingerprint density at radius 1 is 0.971 bits per heavy atom. The molecule has 0 fully saturated rings.